The lowest BCUT2D eigenvalue weighted by molar-refractivity contribution is -0.173. The average molecular weight is 331 g/mol. The van der Waals surface area contributed by atoms with Crippen LogP contribution in [0.4, 0.5) is 13.2 Å². The monoisotopic (exact) mass is 331 g/mol. The smallest absolute Gasteiger partial charge is 0.370 e. The first-order chi connectivity index (χ1) is 9.47. The van der Waals surface area contributed by atoms with Crippen molar-refractivity contribution in [1.29, 1.82) is 0 Å². The van der Waals surface area contributed by atoms with Crippen molar-refractivity contribution in [3.05, 3.63) is 0 Å². The van der Waals surface area contributed by atoms with E-state index in [1.807, 2.05) is 21.6 Å². The Labute approximate surface area is 125 Å². The van der Waals surface area contributed by atoms with Crippen molar-refractivity contribution in [3.8, 4) is 0 Å². The molecule has 0 bridgehead atoms. The van der Waals surface area contributed by atoms with Crippen LogP contribution in [0.3, 0.4) is 0 Å². The molecule has 20 heavy (non-hydrogen) atoms. The van der Waals surface area contributed by atoms with Gasteiger partial charge in [0.25, 0.3) is 0 Å². The van der Waals surface area contributed by atoms with E-state index in [0.29, 0.717) is 6.42 Å². The molecular formula is C12H20F3NO2S2. The maximum Gasteiger partial charge on any atom is 0.411 e. The zero-order valence-corrected chi connectivity index (χ0v) is 12.8. The third kappa shape index (κ3) is 9.77. The fourth-order valence-corrected chi connectivity index (χ4v) is 4.79. The average Bonchev–Trinajstić information content (AvgIpc) is 2.86. The molecule has 1 saturated heterocycles. The number of rotatable bonds is 9. The van der Waals surface area contributed by atoms with Gasteiger partial charge in [-0.15, -0.1) is 0 Å². The number of unbranched alkanes of at least 4 members (excludes halogenated alkanes) is 1. The minimum Gasteiger partial charge on any atom is -0.370 e. The summed E-state index contributed by atoms with van der Waals surface area (Å²) < 4.78 is 39.7. The summed E-state index contributed by atoms with van der Waals surface area (Å²) in [7, 11) is 3.84. The fourth-order valence-electron chi connectivity index (χ4n) is 1.76. The molecule has 1 N–H and O–H groups in total. The van der Waals surface area contributed by atoms with Crippen LogP contribution in [0, 0.1) is 0 Å². The van der Waals surface area contributed by atoms with Crippen molar-refractivity contribution in [2.45, 2.75) is 43.5 Å². The van der Waals surface area contributed by atoms with Gasteiger partial charge >= 0.3 is 6.18 Å². The number of nitrogens with one attached hydrogen (secondary N) is 1. The second-order valence-corrected chi connectivity index (χ2v) is 7.38. The van der Waals surface area contributed by atoms with Crippen LogP contribution in [0.2, 0.25) is 0 Å². The molecule has 1 atom stereocenters. The fraction of sp³-hybridized carbons (Fsp3) is 0.917. The number of alkyl halides is 3. The Morgan fingerprint density at radius 3 is 2.80 bits per heavy atom. The Morgan fingerprint density at radius 2 is 2.15 bits per heavy atom. The van der Waals surface area contributed by atoms with Crippen molar-refractivity contribution < 1.29 is 22.7 Å². The Morgan fingerprint density at radius 1 is 1.35 bits per heavy atom. The maximum atomic E-state index is 11.8. The van der Waals surface area contributed by atoms with Gasteiger partial charge in [0.15, 0.2) is 0 Å². The predicted octanol–water partition coefficient (Wildman–Crippen LogP) is 3.40. The highest BCUT2D eigenvalue weighted by Gasteiger charge is 2.27. The van der Waals surface area contributed by atoms with Gasteiger partial charge in [0.2, 0.25) is 5.91 Å². The summed E-state index contributed by atoms with van der Waals surface area (Å²) in [6, 6.07) is 0. The second kappa shape index (κ2) is 9.78. The van der Waals surface area contributed by atoms with E-state index in [2.05, 4.69) is 10.1 Å². The summed E-state index contributed by atoms with van der Waals surface area (Å²) in [4.78, 5) is 11.4. The van der Waals surface area contributed by atoms with Gasteiger partial charge in [0.1, 0.15) is 6.61 Å². The van der Waals surface area contributed by atoms with Gasteiger partial charge in [-0.25, -0.2) is 0 Å². The Hall–Kier alpha value is -0.0800. The van der Waals surface area contributed by atoms with Gasteiger partial charge in [-0.3, -0.25) is 4.79 Å². The molecule has 1 aliphatic heterocycles. The number of carbonyl (C=O) groups is 1. The first-order valence-corrected chi connectivity index (χ1v) is 9.05. The summed E-state index contributed by atoms with van der Waals surface area (Å²) >= 11 is 0. The largest absolute Gasteiger partial charge is 0.411 e. The lowest BCUT2D eigenvalue weighted by atomic mass is 10.1. The molecule has 0 radical (unpaired) electrons. The molecule has 0 aromatic heterocycles. The minimum absolute atomic E-state index is 0.110. The van der Waals surface area contributed by atoms with Gasteiger partial charge in [-0.1, -0.05) is 28.0 Å². The molecule has 1 aliphatic rings. The van der Waals surface area contributed by atoms with Gasteiger partial charge in [0.05, 0.1) is 6.61 Å². The van der Waals surface area contributed by atoms with Gasteiger partial charge in [0, 0.05) is 24.0 Å². The van der Waals surface area contributed by atoms with Crippen molar-refractivity contribution in [3.63, 3.8) is 0 Å². The quantitative estimate of drug-likeness (QED) is 0.519. The van der Waals surface area contributed by atoms with Crippen molar-refractivity contribution >= 4 is 27.5 Å². The third-order valence-electron chi connectivity index (χ3n) is 2.74. The van der Waals surface area contributed by atoms with Gasteiger partial charge < -0.3 is 10.1 Å². The van der Waals surface area contributed by atoms with E-state index >= 15 is 0 Å². The number of hydrogen-bond donors (Lipinski definition) is 1. The number of halogens is 3. The molecule has 0 aromatic carbocycles. The van der Waals surface area contributed by atoms with E-state index in [4.69, 9.17) is 0 Å². The van der Waals surface area contributed by atoms with E-state index < -0.39 is 12.8 Å². The Bertz CT molecular complexity index is 284. The Kier molecular flexibility index (Phi) is 8.79. The third-order valence-corrected chi connectivity index (χ3v) is 5.75. The van der Waals surface area contributed by atoms with Crippen LogP contribution in [-0.2, 0) is 9.53 Å². The van der Waals surface area contributed by atoms with E-state index in [-0.39, 0.29) is 19.1 Å². The zero-order valence-electron chi connectivity index (χ0n) is 11.2. The number of amides is 1. The summed E-state index contributed by atoms with van der Waals surface area (Å²) in [5.74, 6) is 1.10. The van der Waals surface area contributed by atoms with Crippen molar-refractivity contribution in [2.24, 2.45) is 0 Å². The highest BCUT2D eigenvalue weighted by Crippen LogP contribution is 2.39. The first-order valence-electron chi connectivity index (χ1n) is 6.67. The van der Waals surface area contributed by atoms with Crippen LogP contribution >= 0.6 is 21.6 Å². The molecule has 3 nitrogen and oxygen atoms in total. The van der Waals surface area contributed by atoms with Crippen LogP contribution in [0.15, 0.2) is 0 Å². The van der Waals surface area contributed by atoms with Crippen LogP contribution in [0.1, 0.15) is 32.1 Å². The molecule has 0 aliphatic carbocycles. The summed E-state index contributed by atoms with van der Waals surface area (Å²) in [5.41, 5.74) is 0. The molecule has 1 fully saturated rings. The van der Waals surface area contributed by atoms with Crippen molar-refractivity contribution in [2.75, 3.05) is 25.5 Å². The van der Waals surface area contributed by atoms with Crippen molar-refractivity contribution in [1.82, 2.24) is 5.32 Å². The number of ether oxygens (including phenoxy) is 1. The van der Waals surface area contributed by atoms with E-state index in [0.717, 1.165) is 24.5 Å². The second-order valence-electron chi connectivity index (χ2n) is 4.59. The zero-order chi connectivity index (χ0) is 14.8. The minimum atomic E-state index is -4.31. The molecule has 1 heterocycles. The standard InChI is InChI=1S/C12H20F3NO2S2/c13-12(14,15)9-18-7-6-16-11(17)4-2-1-3-10-5-8-19-20-10/h10H,1-9H2,(H,16,17). The predicted molar refractivity (Wildman–Crippen MR) is 76.8 cm³/mol. The normalized spacial score (nSPS) is 19.2. The van der Waals surface area contributed by atoms with Crippen LogP contribution < -0.4 is 5.32 Å². The summed E-state index contributed by atoms with van der Waals surface area (Å²) in [6.07, 6.45) is 0.370. The molecule has 0 saturated carbocycles. The van der Waals surface area contributed by atoms with E-state index in [1.54, 1.807) is 0 Å². The molecule has 1 amide bonds. The molecule has 0 spiro atoms. The molecule has 1 rings (SSSR count). The van der Waals surface area contributed by atoms with Crippen LogP contribution in [0.5, 0.6) is 0 Å². The van der Waals surface area contributed by atoms with Crippen LogP contribution in [0.25, 0.3) is 0 Å². The molecule has 0 aromatic rings. The lowest BCUT2D eigenvalue weighted by Crippen LogP contribution is -2.28. The highest BCUT2D eigenvalue weighted by atomic mass is 33.1. The Balaban J connectivity index is 1.87. The molecule has 8 heteroatoms. The SMILES string of the molecule is O=C(CCCCC1CCSS1)NCCOCC(F)(F)F. The van der Waals surface area contributed by atoms with Crippen LogP contribution in [-0.4, -0.2) is 42.8 Å². The molecule has 1 unspecified atom stereocenters. The first kappa shape index (κ1) is 18.0. The topological polar surface area (TPSA) is 38.3 Å². The maximum absolute atomic E-state index is 11.8. The number of carbonyl (C=O) groups excluding carboxylic acids is 1. The summed E-state index contributed by atoms with van der Waals surface area (Å²) in [5, 5.41) is 3.28. The summed E-state index contributed by atoms with van der Waals surface area (Å²) in [6.45, 7) is -1.24. The highest BCUT2D eigenvalue weighted by molar-refractivity contribution is 8.77. The number of hydrogen-bond acceptors (Lipinski definition) is 4. The van der Waals surface area contributed by atoms with E-state index in [1.165, 1.54) is 12.2 Å². The van der Waals surface area contributed by atoms with Gasteiger partial charge in [-0.05, 0) is 19.3 Å². The molecular weight excluding hydrogens is 311 g/mol. The van der Waals surface area contributed by atoms with E-state index in [9.17, 15) is 18.0 Å². The lowest BCUT2D eigenvalue weighted by Gasteiger charge is -2.09. The molecule has 118 valence electrons. The van der Waals surface area contributed by atoms with Gasteiger partial charge in [-0.2, -0.15) is 13.2 Å².